The van der Waals surface area contributed by atoms with Crippen molar-refractivity contribution in [3.63, 3.8) is 0 Å². The topological polar surface area (TPSA) is 118 Å². The van der Waals surface area contributed by atoms with Crippen LogP contribution in [0, 0.1) is 5.92 Å². The smallest absolute Gasteiger partial charge is 0.287 e. The van der Waals surface area contributed by atoms with Gasteiger partial charge in [-0.3, -0.25) is 19.1 Å². The van der Waals surface area contributed by atoms with E-state index in [-0.39, 0.29) is 23.5 Å². The van der Waals surface area contributed by atoms with Gasteiger partial charge < -0.3 is 20.4 Å². The Morgan fingerprint density at radius 1 is 1.06 bits per heavy atom. The van der Waals surface area contributed by atoms with Gasteiger partial charge in [0.1, 0.15) is 11.8 Å². The number of rotatable bonds is 8. The van der Waals surface area contributed by atoms with E-state index in [1.165, 1.54) is 12.6 Å². The fourth-order valence-electron chi connectivity index (χ4n) is 4.46. The van der Waals surface area contributed by atoms with Gasteiger partial charge in [0.2, 0.25) is 5.91 Å². The van der Waals surface area contributed by atoms with Gasteiger partial charge in [0, 0.05) is 32.4 Å². The van der Waals surface area contributed by atoms with Crippen LogP contribution in [0.25, 0.3) is 11.3 Å². The predicted molar refractivity (Wildman–Crippen MR) is 130 cm³/mol. The lowest BCUT2D eigenvalue weighted by Crippen LogP contribution is -2.50. The molecule has 0 radical (unpaired) electrons. The number of aryl methyl sites for hydroxylation is 1. The standard InChI is InChI=1S/C26H31N5O4/c1-27-26(34)23(19-6-4-3-5-7-19)30-25(33)22-13-12-21(35-22)18-10-8-17(9-11-18)14-28-24(32)20-15-29-31(2)16-20/h8-13,15-16,19,23H,3-7,14H2,1-2H3,(H,27,34)(H,28,32)(H,30,33). The summed E-state index contributed by atoms with van der Waals surface area (Å²) in [5.41, 5.74) is 2.24. The fourth-order valence-corrected chi connectivity index (χ4v) is 4.46. The number of amides is 3. The molecule has 1 aliphatic carbocycles. The van der Waals surface area contributed by atoms with Crippen molar-refractivity contribution in [1.82, 2.24) is 25.7 Å². The molecule has 2 aromatic heterocycles. The van der Waals surface area contributed by atoms with Crippen molar-refractivity contribution in [3.8, 4) is 11.3 Å². The number of hydrogen-bond donors (Lipinski definition) is 3. The highest BCUT2D eigenvalue weighted by molar-refractivity contribution is 5.96. The van der Waals surface area contributed by atoms with E-state index in [9.17, 15) is 14.4 Å². The zero-order valence-corrected chi connectivity index (χ0v) is 20.0. The first-order chi connectivity index (χ1) is 16.9. The number of benzene rings is 1. The lowest BCUT2D eigenvalue weighted by atomic mass is 9.83. The van der Waals surface area contributed by atoms with Crippen molar-refractivity contribution in [2.24, 2.45) is 13.0 Å². The van der Waals surface area contributed by atoms with Gasteiger partial charge in [0.25, 0.3) is 11.8 Å². The van der Waals surface area contributed by atoms with E-state index in [0.717, 1.165) is 36.8 Å². The molecule has 0 aliphatic heterocycles. The Morgan fingerprint density at radius 3 is 2.46 bits per heavy atom. The molecule has 1 unspecified atom stereocenters. The van der Waals surface area contributed by atoms with Crippen LogP contribution in [0.3, 0.4) is 0 Å². The molecule has 0 bridgehead atoms. The lowest BCUT2D eigenvalue weighted by molar-refractivity contribution is -0.124. The minimum absolute atomic E-state index is 0.133. The van der Waals surface area contributed by atoms with Gasteiger partial charge in [-0.1, -0.05) is 43.5 Å². The van der Waals surface area contributed by atoms with Crippen LogP contribution >= 0.6 is 0 Å². The van der Waals surface area contributed by atoms with Crippen LogP contribution in [0.15, 0.2) is 53.2 Å². The lowest BCUT2D eigenvalue weighted by Gasteiger charge is -2.29. The summed E-state index contributed by atoms with van der Waals surface area (Å²) in [5.74, 6) is 0.0848. The number of likely N-dealkylation sites (N-methyl/N-ethyl adjacent to an activating group) is 1. The second kappa shape index (κ2) is 11.0. The molecule has 3 N–H and O–H groups in total. The van der Waals surface area contributed by atoms with Gasteiger partial charge in [-0.2, -0.15) is 5.10 Å². The maximum Gasteiger partial charge on any atom is 0.287 e. The van der Waals surface area contributed by atoms with Crippen LogP contribution in [-0.2, 0) is 18.4 Å². The van der Waals surface area contributed by atoms with Gasteiger partial charge in [-0.15, -0.1) is 0 Å². The van der Waals surface area contributed by atoms with Crippen LogP contribution in [0.1, 0.15) is 58.6 Å². The monoisotopic (exact) mass is 477 g/mol. The molecule has 9 nitrogen and oxygen atoms in total. The van der Waals surface area contributed by atoms with E-state index in [1.54, 1.807) is 37.1 Å². The molecule has 0 saturated heterocycles. The third-order valence-corrected chi connectivity index (χ3v) is 6.43. The Kier molecular flexibility index (Phi) is 7.64. The van der Waals surface area contributed by atoms with Crippen LogP contribution in [0.4, 0.5) is 0 Å². The van der Waals surface area contributed by atoms with Gasteiger partial charge in [-0.05, 0) is 36.5 Å². The first-order valence-corrected chi connectivity index (χ1v) is 11.9. The Bertz CT molecular complexity index is 1170. The number of carbonyl (C=O) groups excluding carboxylic acids is 3. The third kappa shape index (κ3) is 5.98. The van der Waals surface area contributed by atoms with E-state index < -0.39 is 11.9 Å². The molecule has 3 aromatic rings. The second-order valence-corrected chi connectivity index (χ2v) is 8.91. The summed E-state index contributed by atoms with van der Waals surface area (Å²) in [4.78, 5) is 37.5. The third-order valence-electron chi connectivity index (χ3n) is 6.43. The summed E-state index contributed by atoms with van der Waals surface area (Å²) in [6.45, 7) is 0.377. The summed E-state index contributed by atoms with van der Waals surface area (Å²) in [5, 5.41) is 12.4. The van der Waals surface area contributed by atoms with Crippen LogP contribution in [-0.4, -0.2) is 40.6 Å². The SMILES string of the molecule is CNC(=O)C(NC(=O)c1ccc(-c2ccc(CNC(=O)c3cnn(C)c3)cc2)o1)C1CCCCC1. The molecule has 9 heteroatoms. The Labute approximate surface area is 204 Å². The quantitative estimate of drug-likeness (QED) is 0.461. The zero-order valence-electron chi connectivity index (χ0n) is 20.0. The molecule has 1 saturated carbocycles. The van der Waals surface area contributed by atoms with Gasteiger partial charge >= 0.3 is 0 Å². The van der Waals surface area contributed by atoms with E-state index >= 15 is 0 Å². The van der Waals surface area contributed by atoms with Crippen LogP contribution in [0.5, 0.6) is 0 Å². The van der Waals surface area contributed by atoms with Gasteiger partial charge in [0.05, 0.1) is 11.8 Å². The molecular weight excluding hydrogens is 446 g/mol. The summed E-state index contributed by atoms with van der Waals surface area (Å²) in [6, 6.07) is 10.3. The minimum Gasteiger partial charge on any atom is -0.451 e. The van der Waals surface area contributed by atoms with Crippen molar-refractivity contribution in [1.29, 1.82) is 0 Å². The number of aromatic nitrogens is 2. The average Bonchev–Trinajstić information content (AvgIpc) is 3.56. The normalized spacial score (nSPS) is 14.8. The summed E-state index contributed by atoms with van der Waals surface area (Å²) < 4.78 is 7.39. The molecule has 3 amide bonds. The van der Waals surface area contributed by atoms with Crippen molar-refractivity contribution >= 4 is 17.7 Å². The van der Waals surface area contributed by atoms with E-state index in [1.807, 2.05) is 24.3 Å². The molecule has 4 rings (SSSR count). The summed E-state index contributed by atoms with van der Waals surface area (Å²) in [6.07, 6.45) is 8.35. The van der Waals surface area contributed by atoms with Gasteiger partial charge in [-0.25, -0.2) is 0 Å². The fraction of sp³-hybridized carbons (Fsp3) is 0.385. The maximum absolute atomic E-state index is 12.9. The summed E-state index contributed by atoms with van der Waals surface area (Å²) >= 11 is 0. The second-order valence-electron chi connectivity index (χ2n) is 8.91. The van der Waals surface area contributed by atoms with Crippen molar-refractivity contribution in [2.45, 2.75) is 44.7 Å². The van der Waals surface area contributed by atoms with E-state index in [0.29, 0.717) is 17.9 Å². The van der Waals surface area contributed by atoms with Crippen LogP contribution < -0.4 is 16.0 Å². The Morgan fingerprint density at radius 2 is 1.80 bits per heavy atom. The maximum atomic E-state index is 12.9. The first-order valence-electron chi connectivity index (χ1n) is 11.9. The highest BCUT2D eigenvalue weighted by Gasteiger charge is 2.31. The molecule has 1 atom stereocenters. The number of hydrogen-bond acceptors (Lipinski definition) is 5. The predicted octanol–water partition coefficient (Wildman–Crippen LogP) is 3.03. The number of furan rings is 1. The Balaban J connectivity index is 1.37. The highest BCUT2D eigenvalue weighted by atomic mass is 16.4. The number of carbonyl (C=O) groups is 3. The van der Waals surface area contributed by atoms with Gasteiger partial charge in [0.15, 0.2) is 5.76 Å². The molecular formula is C26H31N5O4. The van der Waals surface area contributed by atoms with Crippen molar-refractivity contribution in [3.05, 3.63) is 65.7 Å². The molecule has 1 fully saturated rings. The van der Waals surface area contributed by atoms with Crippen molar-refractivity contribution in [2.75, 3.05) is 7.05 Å². The summed E-state index contributed by atoms with van der Waals surface area (Å²) in [7, 11) is 3.35. The van der Waals surface area contributed by atoms with Crippen molar-refractivity contribution < 1.29 is 18.8 Å². The molecule has 2 heterocycles. The molecule has 184 valence electrons. The zero-order chi connectivity index (χ0) is 24.8. The average molecular weight is 478 g/mol. The molecule has 1 aliphatic rings. The number of nitrogens with zero attached hydrogens (tertiary/aromatic N) is 2. The Hall–Kier alpha value is -3.88. The number of nitrogens with one attached hydrogen (secondary N) is 3. The molecule has 1 aromatic carbocycles. The van der Waals surface area contributed by atoms with E-state index in [2.05, 4.69) is 21.0 Å². The highest BCUT2D eigenvalue weighted by Crippen LogP contribution is 2.27. The van der Waals surface area contributed by atoms with E-state index in [4.69, 9.17) is 4.42 Å². The minimum atomic E-state index is -0.567. The first kappa shape index (κ1) is 24.3. The molecule has 0 spiro atoms. The van der Waals surface area contributed by atoms with Crippen LogP contribution in [0.2, 0.25) is 0 Å². The largest absolute Gasteiger partial charge is 0.451 e. The molecule has 35 heavy (non-hydrogen) atoms.